The number of likely N-dealkylation sites (tertiary alicyclic amines) is 1. The summed E-state index contributed by atoms with van der Waals surface area (Å²) in [7, 11) is 1.33. The molecule has 6 rings (SSSR count). The third-order valence-corrected chi connectivity index (χ3v) is 9.97. The van der Waals surface area contributed by atoms with Gasteiger partial charge in [-0.2, -0.15) is 0 Å². The van der Waals surface area contributed by atoms with E-state index >= 15 is 0 Å². The first-order valence-electron chi connectivity index (χ1n) is 17.3. The minimum Gasteiger partial charge on any atom is -0.469 e. The number of benzene rings is 3. The Bertz CT molecular complexity index is 1700. The number of esters is 1. The molecule has 2 aliphatic rings. The molecule has 49 heavy (non-hydrogen) atoms. The molecule has 2 heterocycles. The van der Waals surface area contributed by atoms with Crippen LogP contribution >= 0.6 is 0 Å². The van der Waals surface area contributed by atoms with E-state index in [-0.39, 0.29) is 43.9 Å². The number of hydrogen-bond donors (Lipinski definition) is 1. The Hall–Kier alpha value is -5.05. The highest BCUT2D eigenvalue weighted by molar-refractivity contribution is 5.88. The van der Waals surface area contributed by atoms with E-state index in [1.54, 1.807) is 4.90 Å². The fraction of sp³-hybridized carbons (Fsp3) is 0.375. The Kier molecular flexibility index (Phi) is 11.0. The molecule has 3 aromatic carbocycles. The molecule has 1 N–H and O–H groups in total. The highest BCUT2D eigenvalue weighted by Gasteiger charge is 2.39. The molecular formula is C40H44N4O5. The topological polar surface area (TPSA) is 111 Å². The summed E-state index contributed by atoms with van der Waals surface area (Å²) in [6.45, 7) is 2.88. The van der Waals surface area contributed by atoms with E-state index in [1.807, 2.05) is 67.0 Å². The zero-order valence-electron chi connectivity index (χ0n) is 28.2. The van der Waals surface area contributed by atoms with E-state index in [2.05, 4.69) is 46.5 Å². The van der Waals surface area contributed by atoms with Crippen LogP contribution in [-0.2, 0) is 32.1 Å². The van der Waals surface area contributed by atoms with Gasteiger partial charge in [-0.25, -0.2) is 14.8 Å². The van der Waals surface area contributed by atoms with E-state index in [0.717, 1.165) is 33.7 Å². The van der Waals surface area contributed by atoms with Gasteiger partial charge in [-0.3, -0.25) is 9.59 Å². The van der Waals surface area contributed by atoms with Crippen LogP contribution in [-0.4, -0.2) is 59.1 Å². The molecule has 9 heteroatoms. The average molecular weight is 661 g/mol. The number of nitrogens with one attached hydrogen (secondary N) is 1. The molecule has 0 unspecified atom stereocenters. The molecule has 1 saturated carbocycles. The Morgan fingerprint density at radius 1 is 0.816 bits per heavy atom. The number of methoxy groups -OCH3 is 1. The third-order valence-electron chi connectivity index (χ3n) is 9.97. The first-order chi connectivity index (χ1) is 23.9. The van der Waals surface area contributed by atoms with E-state index < -0.39 is 12.1 Å². The van der Waals surface area contributed by atoms with Crippen molar-refractivity contribution in [2.45, 2.75) is 64.0 Å². The van der Waals surface area contributed by atoms with Gasteiger partial charge in [0.25, 0.3) is 0 Å². The van der Waals surface area contributed by atoms with Gasteiger partial charge in [-0.05, 0) is 59.8 Å². The van der Waals surface area contributed by atoms with Gasteiger partial charge in [-0.1, -0.05) is 92.2 Å². The third kappa shape index (κ3) is 8.52. The number of rotatable bonds is 11. The van der Waals surface area contributed by atoms with Crippen molar-refractivity contribution in [2.75, 3.05) is 20.2 Å². The number of carbonyl (C=O) groups is 3. The van der Waals surface area contributed by atoms with Gasteiger partial charge in [0.1, 0.15) is 12.6 Å². The first-order valence-corrected chi connectivity index (χ1v) is 17.3. The highest BCUT2D eigenvalue weighted by Crippen LogP contribution is 2.37. The van der Waals surface area contributed by atoms with E-state index in [4.69, 9.17) is 9.47 Å². The van der Waals surface area contributed by atoms with Crippen molar-refractivity contribution < 1.29 is 23.9 Å². The Balaban J connectivity index is 1.08. The molecule has 2 amide bonds. The van der Waals surface area contributed by atoms with Gasteiger partial charge in [0.2, 0.25) is 5.91 Å². The second kappa shape index (κ2) is 15.9. The maximum Gasteiger partial charge on any atom is 0.408 e. The van der Waals surface area contributed by atoms with Gasteiger partial charge in [0, 0.05) is 43.0 Å². The number of nitrogens with zero attached hydrogens (tertiary/aromatic N) is 3. The van der Waals surface area contributed by atoms with Gasteiger partial charge in [-0.15, -0.1) is 0 Å². The Morgan fingerprint density at radius 2 is 1.47 bits per heavy atom. The number of alkyl carbamates (subject to hydrolysis) is 1. The summed E-state index contributed by atoms with van der Waals surface area (Å²) in [5.41, 5.74) is 6.01. The lowest BCUT2D eigenvalue weighted by molar-refractivity contribution is -0.156. The summed E-state index contributed by atoms with van der Waals surface area (Å²) >= 11 is 0. The van der Waals surface area contributed by atoms with Crippen LogP contribution in [0, 0.1) is 11.8 Å². The molecule has 4 aromatic rings. The number of hydrogen-bond acceptors (Lipinski definition) is 7. The zero-order valence-corrected chi connectivity index (χ0v) is 28.2. The van der Waals surface area contributed by atoms with E-state index in [9.17, 15) is 14.4 Å². The van der Waals surface area contributed by atoms with Crippen LogP contribution in [0.3, 0.4) is 0 Å². The summed E-state index contributed by atoms with van der Waals surface area (Å²) in [4.78, 5) is 48.9. The van der Waals surface area contributed by atoms with E-state index in [0.29, 0.717) is 11.7 Å². The second-order valence-corrected chi connectivity index (χ2v) is 13.2. The molecule has 2 fully saturated rings. The zero-order chi connectivity index (χ0) is 34.2. The smallest absolute Gasteiger partial charge is 0.408 e. The standard InChI is InChI=1S/C40H44N4O5/c1-3-27-9-13-30(14-10-27)31-17-19-32(20-18-31)34-22-41-37(42-23-34)33-15-11-28(12-16-33)21-36(38(45)44-24-35(25-44)39(46)48-2)43-40(47)49-26-29-7-5-4-6-8-29/h4-8,11-12,15-20,22-23,27,30,35-36H,3,9-10,13-14,21,24-26H2,1-2H3,(H,43,47)/t27-,30-,36-/m0/s1. The maximum atomic E-state index is 13.4. The molecular weight excluding hydrogens is 616 g/mol. The van der Waals surface area contributed by atoms with Crippen molar-refractivity contribution >= 4 is 18.0 Å². The minimum atomic E-state index is -0.874. The number of aromatic nitrogens is 2. The minimum absolute atomic E-state index is 0.0838. The fourth-order valence-electron chi connectivity index (χ4n) is 6.81. The van der Waals surface area contributed by atoms with Crippen molar-refractivity contribution in [1.29, 1.82) is 0 Å². The van der Waals surface area contributed by atoms with Crippen LogP contribution in [0.1, 0.15) is 61.6 Å². The molecule has 1 aliphatic heterocycles. The summed E-state index contributed by atoms with van der Waals surface area (Å²) in [5.74, 6) is 1.16. The van der Waals surface area contributed by atoms with Gasteiger partial charge >= 0.3 is 12.1 Å². The van der Waals surface area contributed by atoms with Gasteiger partial charge in [0.05, 0.1) is 13.0 Å². The number of ether oxygens (including phenoxy) is 2. The lowest BCUT2D eigenvalue weighted by atomic mass is 9.78. The molecule has 1 aromatic heterocycles. The summed E-state index contributed by atoms with van der Waals surface area (Å²) in [6, 6.07) is 25.0. The van der Waals surface area contributed by atoms with Crippen LogP contribution in [0.25, 0.3) is 22.5 Å². The van der Waals surface area contributed by atoms with Gasteiger partial charge < -0.3 is 19.7 Å². The van der Waals surface area contributed by atoms with Crippen molar-refractivity contribution in [1.82, 2.24) is 20.2 Å². The molecule has 9 nitrogen and oxygen atoms in total. The number of amides is 2. The lowest BCUT2D eigenvalue weighted by Crippen LogP contribution is -2.59. The molecule has 254 valence electrons. The highest BCUT2D eigenvalue weighted by atomic mass is 16.5. The predicted molar refractivity (Wildman–Crippen MR) is 187 cm³/mol. The fourth-order valence-corrected chi connectivity index (χ4v) is 6.81. The summed E-state index contributed by atoms with van der Waals surface area (Å²) < 4.78 is 10.2. The lowest BCUT2D eigenvalue weighted by Gasteiger charge is -2.39. The molecule has 0 spiro atoms. The van der Waals surface area contributed by atoms with Crippen LogP contribution in [0.4, 0.5) is 4.79 Å². The monoisotopic (exact) mass is 660 g/mol. The van der Waals surface area contributed by atoms with Crippen LogP contribution in [0.15, 0.2) is 91.3 Å². The molecule has 1 aliphatic carbocycles. The summed E-state index contributed by atoms with van der Waals surface area (Å²) in [6.07, 6.45) is 9.77. The second-order valence-electron chi connectivity index (χ2n) is 13.2. The van der Waals surface area contributed by atoms with Crippen molar-refractivity contribution in [3.8, 4) is 22.5 Å². The van der Waals surface area contributed by atoms with Gasteiger partial charge in [0.15, 0.2) is 5.82 Å². The first kappa shape index (κ1) is 33.8. The average Bonchev–Trinajstić information content (AvgIpc) is 3.14. The Morgan fingerprint density at radius 3 is 2.10 bits per heavy atom. The number of carbonyl (C=O) groups excluding carboxylic acids is 3. The Labute approximate surface area is 288 Å². The maximum absolute atomic E-state index is 13.4. The molecule has 1 atom stereocenters. The van der Waals surface area contributed by atoms with Crippen LogP contribution in [0.2, 0.25) is 0 Å². The largest absolute Gasteiger partial charge is 0.469 e. The molecule has 0 radical (unpaired) electrons. The molecule has 0 bridgehead atoms. The molecule has 1 saturated heterocycles. The normalized spacial score (nSPS) is 18.2. The van der Waals surface area contributed by atoms with Crippen LogP contribution < -0.4 is 5.32 Å². The van der Waals surface area contributed by atoms with Crippen LogP contribution in [0.5, 0.6) is 0 Å². The SMILES string of the molecule is CC[C@H]1CC[C@H](c2ccc(-c3cnc(-c4ccc(C[C@H](NC(=O)OCc5ccccc5)C(=O)N5CC(C(=O)OC)C5)cc4)nc3)cc2)CC1. The van der Waals surface area contributed by atoms with Crippen molar-refractivity contribution in [3.05, 3.63) is 108 Å². The van der Waals surface area contributed by atoms with E-state index in [1.165, 1.54) is 44.8 Å². The predicted octanol–water partition coefficient (Wildman–Crippen LogP) is 6.96. The quantitative estimate of drug-likeness (QED) is 0.173. The van der Waals surface area contributed by atoms with Crippen molar-refractivity contribution in [3.63, 3.8) is 0 Å². The summed E-state index contributed by atoms with van der Waals surface area (Å²) in [5, 5.41) is 2.74. The van der Waals surface area contributed by atoms with Crippen molar-refractivity contribution in [2.24, 2.45) is 11.8 Å².